The van der Waals surface area contributed by atoms with Crippen LogP contribution in [0.1, 0.15) is 21.7 Å². The molecule has 0 saturated carbocycles. The van der Waals surface area contributed by atoms with E-state index in [4.69, 9.17) is 18.6 Å². The van der Waals surface area contributed by atoms with Crippen molar-refractivity contribution < 1.29 is 23.4 Å². The molecule has 0 radical (unpaired) electrons. The van der Waals surface area contributed by atoms with Crippen molar-refractivity contribution in [2.75, 3.05) is 14.2 Å². The maximum Gasteiger partial charge on any atom is 0.228 e. The van der Waals surface area contributed by atoms with Gasteiger partial charge in [-0.15, -0.1) is 0 Å². The van der Waals surface area contributed by atoms with E-state index in [2.05, 4.69) is 0 Å². The third-order valence-corrected chi connectivity index (χ3v) is 3.31. The predicted molar refractivity (Wildman–Crippen MR) is 75.4 cm³/mol. The normalized spacial score (nSPS) is 15.5. The molecule has 1 aromatic heterocycles. The Kier molecular flexibility index (Phi) is 3.39. The van der Waals surface area contributed by atoms with Crippen molar-refractivity contribution in [3.05, 3.63) is 53.2 Å². The van der Waals surface area contributed by atoms with E-state index in [0.29, 0.717) is 28.4 Å². The van der Waals surface area contributed by atoms with Crippen molar-refractivity contribution >= 4 is 11.9 Å². The molecule has 0 unspecified atom stereocenters. The van der Waals surface area contributed by atoms with Gasteiger partial charge < -0.3 is 18.6 Å². The predicted octanol–water partition coefficient (Wildman–Crippen LogP) is 3.05. The van der Waals surface area contributed by atoms with Gasteiger partial charge >= 0.3 is 0 Å². The zero-order valence-corrected chi connectivity index (χ0v) is 11.7. The topological polar surface area (TPSA) is 57.9 Å². The zero-order chi connectivity index (χ0) is 14.8. The highest BCUT2D eigenvalue weighted by Crippen LogP contribution is 2.37. The molecule has 0 fully saturated rings. The SMILES string of the molecule is COc1ccc2c(c1OC)CO/C(=C\c1ccco1)C2=O. The van der Waals surface area contributed by atoms with E-state index in [0.717, 1.165) is 0 Å². The third-order valence-electron chi connectivity index (χ3n) is 3.31. The molecule has 5 heteroatoms. The highest BCUT2D eigenvalue weighted by Gasteiger charge is 2.28. The molecule has 0 spiro atoms. The van der Waals surface area contributed by atoms with Gasteiger partial charge in [0.1, 0.15) is 12.4 Å². The lowest BCUT2D eigenvalue weighted by molar-refractivity contribution is 0.0865. The van der Waals surface area contributed by atoms with Crippen LogP contribution in [0.3, 0.4) is 0 Å². The number of carbonyl (C=O) groups excluding carboxylic acids is 1. The lowest BCUT2D eigenvalue weighted by atomic mass is 9.98. The number of rotatable bonds is 3. The van der Waals surface area contributed by atoms with E-state index in [-0.39, 0.29) is 18.1 Å². The van der Waals surface area contributed by atoms with E-state index >= 15 is 0 Å². The quantitative estimate of drug-likeness (QED) is 0.812. The summed E-state index contributed by atoms with van der Waals surface area (Å²) in [6.07, 6.45) is 3.13. The number of fused-ring (bicyclic) bond motifs is 1. The molecule has 0 atom stereocenters. The average molecular weight is 286 g/mol. The summed E-state index contributed by atoms with van der Waals surface area (Å²) in [6, 6.07) is 6.94. The van der Waals surface area contributed by atoms with Crippen LogP contribution >= 0.6 is 0 Å². The van der Waals surface area contributed by atoms with Crippen LogP contribution in [0.25, 0.3) is 6.08 Å². The molecule has 5 nitrogen and oxygen atoms in total. The minimum absolute atomic E-state index is 0.200. The molecule has 0 saturated heterocycles. The number of furan rings is 1. The van der Waals surface area contributed by atoms with Gasteiger partial charge in [-0.3, -0.25) is 4.79 Å². The summed E-state index contributed by atoms with van der Waals surface area (Å²) >= 11 is 0. The third kappa shape index (κ3) is 2.27. The number of benzene rings is 1. The minimum atomic E-state index is -0.200. The largest absolute Gasteiger partial charge is 0.493 e. The monoisotopic (exact) mass is 286 g/mol. The number of hydrogen-bond acceptors (Lipinski definition) is 5. The fraction of sp³-hybridized carbons (Fsp3) is 0.188. The molecule has 2 heterocycles. The van der Waals surface area contributed by atoms with Gasteiger partial charge in [-0.1, -0.05) is 0 Å². The summed E-state index contributed by atoms with van der Waals surface area (Å²) in [5.41, 5.74) is 1.25. The number of allylic oxidation sites excluding steroid dienone is 1. The molecule has 2 aromatic rings. The Morgan fingerprint density at radius 3 is 2.71 bits per heavy atom. The van der Waals surface area contributed by atoms with Crippen LogP contribution < -0.4 is 9.47 Å². The molecule has 0 bridgehead atoms. The first-order chi connectivity index (χ1) is 10.2. The maximum atomic E-state index is 12.5. The van der Waals surface area contributed by atoms with Gasteiger partial charge in [0.05, 0.1) is 20.5 Å². The van der Waals surface area contributed by atoms with Gasteiger partial charge in [-0.2, -0.15) is 0 Å². The van der Waals surface area contributed by atoms with Gasteiger partial charge in [0.15, 0.2) is 17.3 Å². The van der Waals surface area contributed by atoms with E-state index < -0.39 is 0 Å². The molecular weight excluding hydrogens is 272 g/mol. The van der Waals surface area contributed by atoms with Crippen molar-refractivity contribution in [2.24, 2.45) is 0 Å². The molecular formula is C16H14O5. The Labute approximate surface area is 121 Å². The number of Topliss-reactive ketones (excluding diaryl/α,β-unsaturated/α-hetero) is 1. The van der Waals surface area contributed by atoms with Crippen LogP contribution in [0.2, 0.25) is 0 Å². The van der Waals surface area contributed by atoms with Crippen LogP contribution in [0.15, 0.2) is 40.7 Å². The zero-order valence-electron chi connectivity index (χ0n) is 11.7. The maximum absolute atomic E-state index is 12.5. The van der Waals surface area contributed by atoms with Crippen LogP contribution in [-0.2, 0) is 11.3 Å². The van der Waals surface area contributed by atoms with Crippen molar-refractivity contribution in [1.29, 1.82) is 0 Å². The number of methoxy groups -OCH3 is 2. The fourth-order valence-electron chi connectivity index (χ4n) is 2.30. The first-order valence-corrected chi connectivity index (χ1v) is 6.41. The molecule has 1 aliphatic heterocycles. The van der Waals surface area contributed by atoms with Crippen molar-refractivity contribution in [3.63, 3.8) is 0 Å². The molecule has 0 N–H and O–H groups in total. The molecule has 0 amide bonds. The Bertz CT molecular complexity index is 698. The lowest BCUT2D eigenvalue weighted by Gasteiger charge is -2.22. The number of ether oxygens (including phenoxy) is 3. The van der Waals surface area contributed by atoms with Crippen LogP contribution in [0.4, 0.5) is 0 Å². The molecule has 3 rings (SSSR count). The van der Waals surface area contributed by atoms with E-state index in [1.165, 1.54) is 7.11 Å². The Balaban J connectivity index is 2.03. The van der Waals surface area contributed by atoms with Gasteiger partial charge in [0, 0.05) is 17.2 Å². The van der Waals surface area contributed by atoms with Crippen LogP contribution in [0.5, 0.6) is 11.5 Å². The Morgan fingerprint density at radius 2 is 2.05 bits per heavy atom. The highest BCUT2D eigenvalue weighted by atomic mass is 16.5. The molecule has 0 aliphatic carbocycles. The lowest BCUT2D eigenvalue weighted by Crippen LogP contribution is -2.17. The first kappa shape index (κ1) is 13.3. The van der Waals surface area contributed by atoms with Gasteiger partial charge in [-0.25, -0.2) is 0 Å². The van der Waals surface area contributed by atoms with Crippen LogP contribution in [0, 0.1) is 0 Å². The van der Waals surface area contributed by atoms with Gasteiger partial charge in [-0.05, 0) is 24.3 Å². The van der Waals surface area contributed by atoms with E-state index in [9.17, 15) is 4.79 Å². The highest BCUT2D eigenvalue weighted by molar-refractivity contribution is 6.11. The Morgan fingerprint density at radius 1 is 1.19 bits per heavy atom. The summed E-state index contributed by atoms with van der Waals surface area (Å²) in [6.45, 7) is 0.244. The number of carbonyl (C=O) groups is 1. The molecule has 1 aliphatic rings. The van der Waals surface area contributed by atoms with Gasteiger partial charge in [0.25, 0.3) is 0 Å². The second kappa shape index (κ2) is 5.36. The second-order valence-corrected chi connectivity index (χ2v) is 4.47. The standard InChI is InChI=1S/C16H14O5/c1-18-13-6-5-11-12(16(13)19-2)9-21-14(15(11)17)8-10-4-3-7-20-10/h3-8H,9H2,1-2H3/b14-8-. The van der Waals surface area contributed by atoms with Crippen molar-refractivity contribution in [1.82, 2.24) is 0 Å². The van der Waals surface area contributed by atoms with Crippen LogP contribution in [-0.4, -0.2) is 20.0 Å². The van der Waals surface area contributed by atoms with Crippen molar-refractivity contribution in [2.45, 2.75) is 6.61 Å². The summed E-state index contributed by atoms with van der Waals surface area (Å²) in [5.74, 6) is 1.73. The second-order valence-electron chi connectivity index (χ2n) is 4.47. The molecule has 21 heavy (non-hydrogen) atoms. The summed E-state index contributed by atoms with van der Waals surface area (Å²) in [4.78, 5) is 12.5. The first-order valence-electron chi connectivity index (χ1n) is 6.41. The van der Waals surface area contributed by atoms with E-state index in [1.54, 1.807) is 43.7 Å². The van der Waals surface area contributed by atoms with Crippen molar-refractivity contribution in [3.8, 4) is 11.5 Å². The smallest absolute Gasteiger partial charge is 0.228 e. The minimum Gasteiger partial charge on any atom is -0.493 e. The number of ketones is 1. The summed E-state index contributed by atoms with van der Waals surface area (Å²) in [5, 5.41) is 0. The summed E-state index contributed by atoms with van der Waals surface area (Å²) in [7, 11) is 3.09. The van der Waals surface area contributed by atoms with E-state index in [1.807, 2.05) is 0 Å². The summed E-state index contributed by atoms with van der Waals surface area (Å²) < 4.78 is 21.3. The molecule has 1 aromatic carbocycles. The fourth-order valence-corrected chi connectivity index (χ4v) is 2.30. The molecule has 108 valence electrons. The van der Waals surface area contributed by atoms with Gasteiger partial charge in [0.2, 0.25) is 5.78 Å². The Hall–Kier alpha value is -2.69. The average Bonchev–Trinajstić information content (AvgIpc) is 3.02. The number of hydrogen-bond donors (Lipinski definition) is 0.